The van der Waals surface area contributed by atoms with Gasteiger partial charge in [-0.3, -0.25) is 8.61 Å². The van der Waals surface area contributed by atoms with E-state index < -0.39 is 155 Å². The van der Waals surface area contributed by atoms with Crippen molar-refractivity contribution >= 4 is 45.5 Å². The van der Waals surface area contributed by atoms with Gasteiger partial charge in [0.15, 0.2) is 0 Å². The van der Waals surface area contributed by atoms with Gasteiger partial charge in [0.2, 0.25) is 39.2 Å². The van der Waals surface area contributed by atoms with Gasteiger partial charge in [0.1, 0.15) is 0 Å². The van der Waals surface area contributed by atoms with Crippen molar-refractivity contribution in [2.24, 2.45) is 0 Å². The van der Waals surface area contributed by atoms with Gasteiger partial charge < -0.3 is 0 Å². The Morgan fingerprint density at radius 1 is 0.343 bits per heavy atom. The Morgan fingerprint density at radius 2 is 0.522 bits per heavy atom. The number of nitrogens with zero attached hydrogens (tertiary/aromatic N) is 5. The number of alkyl halides is 34. The van der Waals surface area contributed by atoms with Crippen molar-refractivity contribution in [2.45, 2.75) is 108 Å². The number of hydrogen-bond donors (Lipinski definition) is 0. The minimum absolute atomic E-state index is 0.0563. The lowest BCUT2D eigenvalue weighted by Crippen LogP contribution is -2.75. The number of aromatic nitrogens is 3. The van der Waals surface area contributed by atoms with Crippen molar-refractivity contribution in [1.82, 2.24) is 15.0 Å². The Bertz CT molecular complexity index is 1890. The molecule has 0 saturated heterocycles. The fourth-order valence-electron chi connectivity index (χ4n) is 4.01. The second-order valence-corrected chi connectivity index (χ2v) is 15.3. The van der Waals surface area contributed by atoms with Gasteiger partial charge >= 0.3 is 93.9 Å². The summed E-state index contributed by atoms with van der Waals surface area (Å²) in [6.07, 6.45) is -16.3. The maximum absolute atomic E-state index is 14.8. The Morgan fingerprint density at radius 3 is 0.701 bits per heavy atom. The van der Waals surface area contributed by atoms with Crippen molar-refractivity contribution in [3.8, 4) is 0 Å². The molecule has 0 aromatic carbocycles. The molecule has 2 unspecified atom stereocenters. The van der Waals surface area contributed by atoms with Crippen LogP contribution in [0.5, 0.6) is 0 Å². The van der Waals surface area contributed by atoms with Gasteiger partial charge in [-0.2, -0.15) is 164 Å². The van der Waals surface area contributed by atoms with Gasteiger partial charge in [-0.05, 0) is 25.4 Å². The molecule has 0 fully saturated rings. The molecule has 7 nitrogen and oxygen atoms in total. The quantitative estimate of drug-likeness (QED) is 0.122. The van der Waals surface area contributed by atoms with E-state index >= 15 is 0 Å². The van der Waals surface area contributed by atoms with E-state index in [-0.39, 0.29) is 13.8 Å². The van der Waals surface area contributed by atoms with Crippen LogP contribution in [0.3, 0.4) is 0 Å². The molecule has 0 aliphatic rings. The van der Waals surface area contributed by atoms with E-state index in [2.05, 4.69) is 15.0 Å². The van der Waals surface area contributed by atoms with Crippen LogP contribution in [-0.4, -0.2) is 130 Å². The third-order valence-electron chi connectivity index (χ3n) is 7.83. The van der Waals surface area contributed by atoms with Crippen LogP contribution in [0.2, 0.25) is 5.28 Å². The minimum atomic E-state index is -9.26. The van der Waals surface area contributed by atoms with Crippen molar-refractivity contribution < 1.29 is 158 Å². The molecular weight excluding hydrogens is 1120 g/mol. The Balaban J connectivity index is 4.01. The topological polar surface area (TPSA) is 79.3 Å². The number of hydrogen-bond acceptors (Lipinski definition) is 5. The van der Waals surface area contributed by atoms with E-state index in [0.29, 0.717) is 0 Å². The smallest absolute Gasteiger partial charge is 0.254 e. The predicted molar refractivity (Wildman–Crippen MR) is 149 cm³/mol. The molecule has 0 radical (unpaired) electrons. The average molecular weight is 1130 g/mol. The van der Waals surface area contributed by atoms with Crippen LogP contribution in [0.25, 0.3) is 0 Å². The predicted octanol–water partition coefficient (Wildman–Crippen LogP) is 11.4. The van der Waals surface area contributed by atoms with Crippen LogP contribution < -0.4 is 8.61 Å². The second kappa shape index (κ2) is 17.0. The highest BCUT2D eigenvalue weighted by atomic mass is 35.5. The molecule has 0 aliphatic heterocycles. The standard InChI is InChI=1S/C23H10ClF34N5O2S2/c1-3-62(66(64)22(55,56)18(45,46)14(37,38)10(29,30)8(25,26)12(33,34)16(41,42)20(49,50)51)6-59-5(24)60-7(61-6)63(4-2)67(65)23(57,58)19(47,48)15(39,40)11(31,32)9(27,28)13(35,36)17(43,44)21(52,53)54/h3-4H2,1-2H3. The van der Waals surface area contributed by atoms with Crippen LogP contribution >= 0.6 is 11.6 Å². The summed E-state index contributed by atoms with van der Waals surface area (Å²) in [7, 11) is -12.0. The molecule has 44 heteroatoms. The van der Waals surface area contributed by atoms with Crippen molar-refractivity contribution in [3.63, 3.8) is 0 Å². The first-order chi connectivity index (χ1) is 28.8. The summed E-state index contributed by atoms with van der Waals surface area (Å²) < 4.78 is 489. The lowest BCUT2D eigenvalue weighted by molar-refractivity contribution is -0.458. The van der Waals surface area contributed by atoms with E-state index in [1.165, 1.54) is 0 Å². The zero-order valence-corrected chi connectivity index (χ0v) is 32.4. The molecule has 0 spiro atoms. The average Bonchev–Trinajstić information content (AvgIpc) is 3.13. The number of anilines is 2. The molecule has 0 bridgehead atoms. The summed E-state index contributed by atoms with van der Waals surface area (Å²) in [4.78, 5) is 7.34. The van der Waals surface area contributed by atoms with Gasteiger partial charge in [-0.15, -0.1) is 0 Å². The molecule has 67 heavy (non-hydrogen) atoms. The third kappa shape index (κ3) is 8.35. The van der Waals surface area contributed by atoms with Crippen LogP contribution in [-0.2, 0) is 22.0 Å². The van der Waals surface area contributed by atoms with E-state index in [4.69, 9.17) is 11.6 Å². The van der Waals surface area contributed by atoms with Gasteiger partial charge in [0, 0.05) is 13.1 Å². The first-order valence-electron chi connectivity index (χ1n) is 15.1. The lowest BCUT2D eigenvalue weighted by Gasteiger charge is -2.43. The highest BCUT2D eigenvalue weighted by molar-refractivity contribution is 7.87. The summed E-state index contributed by atoms with van der Waals surface area (Å²) in [6.45, 7) is -4.05. The van der Waals surface area contributed by atoms with Crippen LogP contribution in [0.1, 0.15) is 13.8 Å². The third-order valence-corrected chi connectivity index (χ3v) is 11.0. The first-order valence-corrected chi connectivity index (χ1v) is 17.6. The van der Waals surface area contributed by atoms with Crippen LogP contribution in [0.4, 0.5) is 161 Å². The van der Waals surface area contributed by atoms with Crippen molar-refractivity contribution in [2.75, 3.05) is 21.7 Å². The minimum Gasteiger partial charge on any atom is -0.254 e. The zero-order valence-electron chi connectivity index (χ0n) is 30.0. The van der Waals surface area contributed by atoms with Crippen molar-refractivity contribution in [3.05, 3.63) is 5.28 Å². The maximum atomic E-state index is 14.8. The van der Waals surface area contributed by atoms with Gasteiger partial charge in [-0.25, -0.2) is 8.42 Å². The van der Waals surface area contributed by atoms with E-state index in [1.54, 1.807) is 0 Å². The summed E-state index contributed by atoms with van der Waals surface area (Å²) in [5.74, 6) is -113. The Hall–Kier alpha value is -3.18. The Labute approximate surface area is 353 Å². The van der Waals surface area contributed by atoms with Crippen LogP contribution in [0, 0.1) is 0 Å². The van der Waals surface area contributed by atoms with Gasteiger partial charge in [-0.1, -0.05) is 0 Å². The molecular formula is C23H10ClF34N5O2S2. The highest BCUT2D eigenvalue weighted by Crippen LogP contribution is 2.66. The highest BCUT2D eigenvalue weighted by Gasteiger charge is 2.97. The monoisotopic (exact) mass is 1130 g/mol. The summed E-state index contributed by atoms with van der Waals surface area (Å²) >= 11 is 5.14. The summed E-state index contributed by atoms with van der Waals surface area (Å²) in [5.41, 5.74) is 0. The molecule has 1 aromatic rings. The number of halogens is 35. The molecule has 0 aliphatic carbocycles. The fourth-order valence-corrected chi connectivity index (χ4v) is 6.34. The maximum Gasteiger partial charge on any atom is 0.460 e. The normalized spacial score (nSPS) is 16.9. The van der Waals surface area contributed by atoms with E-state index in [0.717, 1.165) is 0 Å². The molecule has 0 saturated carbocycles. The largest absolute Gasteiger partial charge is 0.460 e. The zero-order chi connectivity index (χ0) is 54.6. The second-order valence-electron chi connectivity index (χ2n) is 12.0. The Kier molecular flexibility index (Phi) is 15.7. The molecule has 1 rings (SSSR count). The van der Waals surface area contributed by atoms with Gasteiger partial charge in [0.25, 0.3) is 0 Å². The van der Waals surface area contributed by atoms with Crippen molar-refractivity contribution in [1.29, 1.82) is 0 Å². The molecule has 1 heterocycles. The fraction of sp³-hybridized carbons (Fsp3) is 0.870. The molecule has 0 amide bonds. The van der Waals surface area contributed by atoms with Crippen LogP contribution in [0.15, 0.2) is 0 Å². The number of rotatable bonds is 20. The summed E-state index contributed by atoms with van der Waals surface area (Å²) in [5, 5.41) is -18.0. The SMILES string of the molecule is CCN(c1nc(Cl)nc(N(CC)S(=O)C(F)(F)C(F)(F)C(F)(F)C(F)(F)C(F)(F)C(F)(F)C(F)(F)C(F)(F)F)n1)S(=O)C(F)(F)C(F)(F)C(F)(F)C(F)(F)C(F)(F)C(F)(F)C(F)(F)C(F)(F)F. The first kappa shape index (κ1) is 61.8. The lowest BCUT2D eigenvalue weighted by atomic mass is 9.91. The molecule has 2 atom stereocenters. The van der Waals surface area contributed by atoms with E-state index in [9.17, 15) is 158 Å². The molecule has 396 valence electrons. The molecule has 1 aromatic heterocycles. The van der Waals surface area contributed by atoms with E-state index in [1.807, 2.05) is 0 Å². The summed E-state index contributed by atoms with van der Waals surface area (Å²) in [6, 6.07) is 0. The molecule has 0 N–H and O–H groups in total. The van der Waals surface area contributed by atoms with Gasteiger partial charge in [0.05, 0.1) is 0 Å².